The Hall–Kier alpha value is -0.380. The molecule has 0 amide bonds. The van der Waals surface area contributed by atoms with E-state index in [0.717, 1.165) is 6.54 Å². The van der Waals surface area contributed by atoms with Crippen molar-refractivity contribution in [2.45, 2.75) is 6.42 Å². The molecule has 0 N–H and O–H groups in total. The van der Waals surface area contributed by atoms with E-state index in [1.807, 2.05) is 14.1 Å². The first-order valence-corrected chi connectivity index (χ1v) is 4.75. The van der Waals surface area contributed by atoms with Crippen molar-refractivity contribution in [3.8, 4) is 0 Å². The van der Waals surface area contributed by atoms with Crippen LogP contribution in [-0.2, 0) is 4.84 Å². The van der Waals surface area contributed by atoms with E-state index in [9.17, 15) is 0 Å². The highest BCUT2D eigenvalue weighted by molar-refractivity contribution is 4.95. The summed E-state index contributed by atoms with van der Waals surface area (Å²) >= 11 is 0. The fourth-order valence-electron chi connectivity index (χ4n) is 1.76. The largest absolute Gasteiger partial charge is 0.306 e. The Morgan fingerprint density at radius 3 is 2.54 bits per heavy atom. The van der Waals surface area contributed by atoms with Crippen molar-refractivity contribution < 1.29 is 9.48 Å². The molecule has 1 rings (SSSR count). The van der Waals surface area contributed by atoms with Gasteiger partial charge in [0.1, 0.15) is 19.8 Å². The van der Waals surface area contributed by atoms with Gasteiger partial charge in [0.2, 0.25) is 0 Å². The molecule has 0 aromatic rings. The maximum absolute atomic E-state index is 5.37. The molecule has 13 heavy (non-hydrogen) atoms. The van der Waals surface area contributed by atoms with Gasteiger partial charge in [-0.15, -0.1) is 0 Å². The molecule has 1 saturated heterocycles. The number of hydrogen-bond acceptors (Lipinski definition) is 2. The smallest absolute Gasteiger partial charge is 0.138 e. The van der Waals surface area contributed by atoms with Gasteiger partial charge in [0.15, 0.2) is 0 Å². The normalized spacial score (nSPS) is 25.1. The minimum atomic E-state index is 0.471. The highest BCUT2D eigenvalue weighted by Gasteiger charge is 2.32. The fraction of sp³-hybridized carbons (Fsp3) is 0.800. The van der Waals surface area contributed by atoms with E-state index in [-0.39, 0.29) is 0 Å². The zero-order valence-electron chi connectivity index (χ0n) is 9.21. The van der Waals surface area contributed by atoms with Crippen molar-refractivity contribution in [3.63, 3.8) is 0 Å². The highest BCUT2D eigenvalue weighted by Crippen LogP contribution is 2.26. The molecular formula is C10H21N2O+. The van der Waals surface area contributed by atoms with Crippen molar-refractivity contribution >= 4 is 0 Å². The maximum atomic E-state index is 5.37. The molecule has 3 nitrogen and oxygen atoms in total. The third kappa shape index (κ3) is 2.30. The number of quaternary nitrogens is 1. The Bertz CT molecular complexity index is 201. The molecule has 1 fully saturated rings. The Morgan fingerprint density at radius 2 is 2.15 bits per heavy atom. The predicted molar refractivity (Wildman–Crippen MR) is 53.9 cm³/mol. The standard InChI is InChI=1S/C10H21N2O/c1-9(12(3,4)13-5)10-6-7-11(2)8-10/h10H,1,6-8H2,2-5H3/q+1. The van der Waals surface area contributed by atoms with Crippen molar-refractivity contribution in [2.24, 2.45) is 5.92 Å². The lowest BCUT2D eigenvalue weighted by atomic mass is 10.1. The van der Waals surface area contributed by atoms with Crippen LogP contribution in [0.2, 0.25) is 0 Å². The molecule has 0 saturated carbocycles. The molecule has 1 heterocycles. The second kappa shape index (κ2) is 3.78. The predicted octanol–water partition coefficient (Wildman–Crippen LogP) is 1.09. The minimum Gasteiger partial charge on any atom is -0.306 e. The average molecular weight is 185 g/mol. The van der Waals surface area contributed by atoms with Crippen molar-refractivity contribution in [1.82, 2.24) is 4.90 Å². The molecule has 3 heteroatoms. The van der Waals surface area contributed by atoms with Gasteiger partial charge in [-0.25, -0.2) is 4.84 Å². The average Bonchev–Trinajstić information content (AvgIpc) is 2.50. The number of hydroxylamine groups is 3. The van der Waals surface area contributed by atoms with Gasteiger partial charge in [0.25, 0.3) is 0 Å². The third-order valence-corrected chi connectivity index (χ3v) is 3.01. The first-order valence-electron chi connectivity index (χ1n) is 4.75. The van der Waals surface area contributed by atoms with Crippen LogP contribution in [0.25, 0.3) is 0 Å². The Kier molecular flexibility index (Phi) is 3.11. The number of rotatable bonds is 3. The van der Waals surface area contributed by atoms with Gasteiger partial charge in [-0.05, 0) is 26.6 Å². The van der Waals surface area contributed by atoms with E-state index < -0.39 is 0 Å². The Balaban J connectivity index is 2.58. The molecule has 0 spiro atoms. The van der Waals surface area contributed by atoms with E-state index >= 15 is 0 Å². The van der Waals surface area contributed by atoms with Gasteiger partial charge in [-0.1, -0.05) is 0 Å². The van der Waals surface area contributed by atoms with Gasteiger partial charge >= 0.3 is 0 Å². The van der Waals surface area contributed by atoms with E-state index in [1.165, 1.54) is 18.7 Å². The van der Waals surface area contributed by atoms with Crippen molar-refractivity contribution in [2.75, 3.05) is 41.3 Å². The van der Waals surface area contributed by atoms with Crippen LogP contribution in [0.15, 0.2) is 12.3 Å². The summed E-state index contributed by atoms with van der Waals surface area (Å²) in [4.78, 5) is 7.71. The lowest BCUT2D eigenvalue weighted by Crippen LogP contribution is -2.40. The number of nitrogens with zero attached hydrogens (tertiary/aromatic N) is 2. The van der Waals surface area contributed by atoms with Crippen LogP contribution >= 0.6 is 0 Å². The van der Waals surface area contributed by atoms with Gasteiger partial charge in [0, 0.05) is 12.5 Å². The minimum absolute atomic E-state index is 0.471. The van der Waals surface area contributed by atoms with Crippen LogP contribution in [0.5, 0.6) is 0 Å². The van der Waals surface area contributed by atoms with Crippen LogP contribution in [0.4, 0.5) is 0 Å². The van der Waals surface area contributed by atoms with Crippen LogP contribution in [-0.4, -0.2) is 50.9 Å². The molecule has 0 aromatic heterocycles. The van der Waals surface area contributed by atoms with Gasteiger partial charge in [-0.2, -0.15) is 4.65 Å². The Morgan fingerprint density at radius 1 is 1.54 bits per heavy atom. The first-order chi connectivity index (χ1) is 5.97. The lowest BCUT2D eigenvalue weighted by Gasteiger charge is -2.29. The second-order valence-corrected chi connectivity index (χ2v) is 4.27. The summed E-state index contributed by atoms with van der Waals surface area (Å²) in [5.74, 6) is 0.583. The second-order valence-electron chi connectivity index (χ2n) is 4.27. The highest BCUT2D eigenvalue weighted by atomic mass is 16.7. The zero-order valence-corrected chi connectivity index (χ0v) is 9.21. The summed E-state index contributed by atoms with van der Waals surface area (Å²) in [5.41, 5.74) is 1.17. The van der Waals surface area contributed by atoms with Gasteiger partial charge < -0.3 is 4.90 Å². The van der Waals surface area contributed by atoms with E-state index in [1.54, 1.807) is 7.11 Å². The summed E-state index contributed by atoms with van der Waals surface area (Å²) in [6, 6.07) is 0. The van der Waals surface area contributed by atoms with Gasteiger partial charge in [0.05, 0.1) is 7.11 Å². The van der Waals surface area contributed by atoms with E-state index in [2.05, 4.69) is 18.5 Å². The SMILES string of the molecule is C=C(C1CCN(C)C1)[N+](C)(C)OC. The summed E-state index contributed by atoms with van der Waals surface area (Å²) in [5, 5.41) is 0. The van der Waals surface area contributed by atoms with Crippen LogP contribution in [0.3, 0.4) is 0 Å². The summed E-state index contributed by atoms with van der Waals surface area (Å²) in [6.45, 7) is 6.42. The van der Waals surface area contributed by atoms with Crippen LogP contribution in [0, 0.1) is 5.92 Å². The summed E-state index contributed by atoms with van der Waals surface area (Å²) < 4.78 is 0.471. The topological polar surface area (TPSA) is 12.5 Å². The first kappa shape index (κ1) is 10.7. The molecule has 0 aliphatic carbocycles. The zero-order chi connectivity index (χ0) is 10.1. The molecule has 1 atom stereocenters. The molecule has 0 radical (unpaired) electrons. The fourth-order valence-corrected chi connectivity index (χ4v) is 1.76. The number of likely N-dealkylation sites (tertiary alicyclic amines) is 1. The molecule has 1 aliphatic rings. The molecule has 76 valence electrons. The van der Waals surface area contributed by atoms with E-state index in [4.69, 9.17) is 4.84 Å². The maximum Gasteiger partial charge on any atom is 0.138 e. The molecule has 1 unspecified atom stereocenters. The van der Waals surface area contributed by atoms with Gasteiger partial charge in [-0.3, -0.25) is 0 Å². The van der Waals surface area contributed by atoms with Crippen LogP contribution in [0.1, 0.15) is 6.42 Å². The van der Waals surface area contributed by atoms with E-state index in [0.29, 0.717) is 10.6 Å². The lowest BCUT2D eigenvalue weighted by molar-refractivity contribution is -1.04. The summed E-state index contributed by atoms with van der Waals surface area (Å²) in [7, 11) is 7.94. The van der Waals surface area contributed by atoms with Crippen LogP contribution < -0.4 is 0 Å². The molecule has 0 bridgehead atoms. The van der Waals surface area contributed by atoms with Crippen molar-refractivity contribution in [3.05, 3.63) is 12.3 Å². The Labute approximate surface area is 81.1 Å². The van der Waals surface area contributed by atoms with Crippen molar-refractivity contribution in [1.29, 1.82) is 0 Å². The monoisotopic (exact) mass is 185 g/mol. The molecule has 0 aromatic carbocycles. The molecule has 1 aliphatic heterocycles. The number of hydrogen-bond donors (Lipinski definition) is 0. The third-order valence-electron chi connectivity index (χ3n) is 3.01. The molecular weight excluding hydrogens is 164 g/mol. The quantitative estimate of drug-likeness (QED) is 0.482. The summed E-state index contributed by atoms with van der Waals surface area (Å²) in [6.07, 6.45) is 1.21.